The Labute approximate surface area is 165 Å². The van der Waals surface area contributed by atoms with Gasteiger partial charge in [-0.25, -0.2) is 4.79 Å². The van der Waals surface area contributed by atoms with E-state index in [2.05, 4.69) is 10.6 Å². The van der Waals surface area contributed by atoms with Gasteiger partial charge in [0.15, 0.2) is 0 Å². The lowest BCUT2D eigenvalue weighted by Crippen LogP contribution is -2.33. The molecule has 2 N–H and O–H groups in total. The Kier molecular flexibility index (Phi) is 7.88. The SMILES string of the molecule is CCNC(=O)Nc1ccc(N(C)C)c(CN(Cc2ccco2)C(=O)COC)c1. The molecule has 0 unspecified atom stereocenters. The number of carbonyl (C=O) groups is 2. The molecule has 28 heavy (non-hydrogen) atoms. The fourth-order valence-electron chi connectivity index (χ4n) is 2.81. The van der Waals surface area contributed by atoms with Crippen LogP contribution in [0.25, 0.3) is 0 Å². The molecule has 0 aliphatic carbocycles. The van der Waals surface area contributed by atoms with Crippen molar-refractivity contribution in [2.24, 2.45) is 0 Å². The Hall–Kier alpha value is -3.00. The third-order valence-corrected chi connectivity index (χ3v) is 4.07. The molecule has 1 aromatic carbocycles. The molecule has 0 aliphatic rings. The maximum absolute atomic E-state index is 12.6. The average Bonchev–Trinajstić information content (AvgIpc) is 3.14. The predicted octanol–water partition coefficient (Wildman–Crippen LogP) is 2.66. The van der Waals surface area contributed by atoms with Gasteiger partial charge in [0.1, 0.15) is 12.4 Å². The van der Waals surface area contributed by atoms with Gasteiger partial charge < -0.3 is 29.6 Å². The lowest BCUT2D eigenvalue weighted by molar-refractivity contribution is -0.136. The second kappa shape index (κ2) is 10.4. The highest BCUT2D eigenvalue weighted by molar-refractivity contribution is 5.89. The third kappa shape index (κ3) is 6.02. The smallest absolute Gasteiger partial charge is 0.319 e. The zero-order valence-electron chi connectivity index (χ0n) is 16.8. The number of amides is 3. The number of carbonyl (C=O) groups excluding carboxylic acids is 2. The number of furan rings is 1. The number of nitrogens with one attached hydrogen (secondary N) is 2. The Morgan fingerprint density at radius 3 is 2.57 bits per heavy atom. The van der Waals surface area contributed by atoms with E-state index in [1.54, 1.807) is 17.2 Å². The summed E-state index contributed by atoms with van der Waals surface area (Å²) in [5.74, 6) is 0.540. The number of hydrogen-bond acceptors (Lipinski definition) is 5. The first-order chi connectivity index (χ1) is 13.4. The van der Waals surface area contributed by atoms with E-state index in [1.165, 1.54) is 7.11 Å². The van der Waals surface area contributed by atoms with Crippen LogP contribution in [0.5, 0.6) is 0 Å². The summed E-state index contributed by atoms with van der Waals surface area (Å²) in [7, 11) is 5.36. The topological polar surface area (TPSA) is 87.1 Å². The number of methoxy groups -OCH3 is 1. The lowest BCUT2D eigenvalue weighted by Gasteiger charge is -2.25. The van der Waals surface area contributed by atoms with Crippen LogP contribution in [-0.4, -0.2) is 51.2 Å². The molecule has 0 aliphatic heterocycles. The quantitative estimate of drug-likeness (QED) is 0.690. The third-order valence-electron chi connectivity index (χ3n) is 4.07. The molecule has 0 atom stereocenters. The van der Waals surface area contributed by atoms with Gasteiger partial charge in [0.25, 0.3) is 0 Å². The number of urea groups is 1. The van der Waals surface area contributed by atoms with E-state index in [0.29, 0.717) is 31.1 Å². The largest absolute Gasteiger partial charge is 0.467 e. The van der Waals surface area contributed by atoms with Gasteiger partial charge in [0.2, 0.25) is 5.91 Å². The molecular formula is C20H28N4O4. The molecule has 2 aromatic rings. The first kappa shape index (κ1) is 21.3. The fraction of sp³-hybridized carbons (Fsp3) is 0.400. The highest BCUT2D eigenvalue weighted by Crippen LogP contribution is 2.25. The van der Waals surface area contributed by atoms with Crippen molar-refractivity contribution in [1.82, 2.24) is 10.2 Å². The minimum atomic E-state index is -0.269. The molecule has 0 saturated carbocycles. The van der Waals surface area contributed by atoms with Crippen molar-refractivity contribution in [1.29, 1.82) is 0 Å². The van der Waals surface area contributed by atoms with Gasteiger partial charge in [-0.15, -0.1) is 0 Å². The summed E-state index contributed by atoms with van der Waals surface area (Å²) in [6.45, 7) is 3.05. The molecular weight excluding hydrogens is 360 g/mol. The highest BCUT2D eigenvalue weighted by Gasteiger charge is 2.18. The first-order valence-corrected chi connectivity index (χ1v) is 9.08. The second-order valence-corrected chi connectivity index (χ2v) is 6.48. The molecule has 0 spiro atoms. The van der Waals surface area contributed by atoms with E-state index in [9.17, 15) is 9.59 Å². The van der Waals surface area contributed by atoms with Crippen LogP contribution < -0.4 is 15.5 Å². The minimum absolute atomic E-state index is 0.0190. The standard InChI is InChI=1S/C20H28N4O4/c1-5-21-20(26)22-16-8-9-18(23(2)3)15(11-16)12-24(19(25)14-27-4)13-17-7-6-10-28-17/h6-11H,5,12-14H2,1-4H3,(H2,21,22,26). The normalized spacial score (nSPS) is 10.4. The second-order valence-electron chi connectivity index (χ2n) is 6.48. The summed E-state index contributed by atoms with van der Waals surface area (Å²) in [5.41, 5.74) is 2.51. The summed E-state index contributed by atoms with van der Waals surface area (Å²) < 4.78 is 10.4. The molecule has 0 saturated heterocycles. The van der Waals surface area contributed by atoms with Gasteiger partial charge in [-0.2, -0.15) is 0 Å². The first-order valence-electron chi connectivity index (χ1n) is 9.08. The van der Waals surface area contributed by atoms with Crippen LogP contribution >= 0.6 is 0 Å². The Morgan fingerprint density at radius 1 is 1.18 bits per heavy atom. The van der Waals surface area contributed by atoms with Crippen LogP contribution in [-0.2, 0) is 22.6 Å². The summed E-state index contributed by atoms with van der Waals surface area (Å²) in [4.78, 5) is 28.0. The summed E-state index contributed by atoms with van der Waals surface area (Å²) in [6, 6.07) is 8.97. The predicted molar refractivity (Wildman–Crippen MR) is 108 cm³/mol. The summed E-state index contributed by atoms with van der Waals surface area (Å²) >= 11 is 0. The molecule has 3 amide bonds. The van der Waals surface area contributed by atoms with Crippen LogP contribution in [0.1, 0.15) is 18.2 Å². The molecule has 8 heteroatoms. The Morgan fingerprint density at radius 2 is 1.96 bits per heavy atom. The molecule has 0 radical (unpaired) electrons. The Balaban J connectivity index is 2.28. The van der Waals surface area contributed by atoms with Crippen LogP contribution in [0.15, 0.2) is 41.0 Å². The van der Waals surface area contributed by atoms with Gasteiger partial charge in [0, 0.05) is 45.7 Å². The van der Waals surface area contributed by atoms with Gasteiger partial charge in [0.05, 0.1) is 12.8 Å². The van der Waals surface area contributed by atoms with E-state index in [-0.39, 0.29) is 18.5 Å². The van der Waals surface area contributed by atoms with E-state index >= 15 is 0 Å². The van der Waals surface area contributed by atoms with Crippen molar-refractivity contribution >= 4 is 23.3 Å². The molecule has 152 valence electrons. The monoisotopic (exact) mass is 388 g/mol. The van der Waals surface area contributed by atoms with Crippen LogP contribution in [0.4, 0.5) is 16.2 Å². The molecule has 0 bridgehead atoms. The molecule has 1 heterocycles. The minimum Gasteiger partial charge on any atom is -0.467 e. The summed E-state index contributed by atoms with van der Waals surface area (Å²) in [6.07, 6.45) is 1.58. The average molecular weight is 388 g/mol. The number of benzene rings is 1. The van der Waals surface area contributed by atoms with Gasteiger partial charge >= 0.3 is 6.03 Å². The number of hydrogen-bond donors (Lipinski definition) is 2. The zero-order valence-corrected chi connectivity index (χ0v) is 16.8. The summed E-state index contributed by atoms with van der Waals surface area (Å²) in [5, 5.41) is 5.51. The highest BCUT2D eigenvalue weighted by atomic mass is 16.5. The van der Waals surface area contributed by atoms with Crippen molar-refractivity contribution in [2.45, 2.75) is 20.0 Å². The molecule has 8 nitrogen and oxygen atoms in total. The molecule has 0 fully saturated rings. The van der Waals surface area contributed by atoms with E-state index in [0.717, 1.165) is 11.3 Å². The maximum Gasteiger partial charge on any atom is 0.319 e. The number of nitrogens with zero attached hydrogens (tertiary/aromatic N) is 2. The van der Waals surface area contributed by atoms with Crippen LogP contribution in [0, 0.1) is 0 Å². The number of ether oxygens (including phenoxy) is 1. The Bertz CT molecular complexity index is 775. The van der Waals surface area contributed by atoms with E-state index < -0.39 is 0 Å². The fourth-order valence-corrected chi connectivity index (χ4v) is 2.81. The van der Waals surface area contributed by atoms with Crippen molar-refractivity contribution in [3.8, 4) is 0 Å². The van der Waals surface area contributed by atoms with Gasteiger partial charge in [-0.1, -0.05) is 0 Å². The zero-order chi connectivity index (χ0) is 20.5. The molecule has 2 rings (SSSR count). The van der Waals surface area contributed by atoms with E-state index in [1.807, 2.05) is 50.2 Å². The maximum atomic E-state index is 12.6. The van der Waals surface area contributed by atoms with Crippen molar-refractivity contribution in [3.05, 3.63) is 47.9 Å². The van der Waals surface area contributed by atoms with Crippen LogP contribution in [0.3, 0.4) is 0 Å². The van der Waals surface area contributed by atoms with Gasteiger partial charge in [-0.05, 0) is 42.8 Å². The van der Waals surface area contributed by atoms with Crippen molar-refractivity contribution in [3.63, 3.8) is 0 Å². The van der Waals surface area contributed by atoms with Gasteiger partial charge in [-0.3, -0.25) is 4.79 Å². The number of rotatable bonds is 9. The van der Waals surface area contributed by atoms with Crippen molar-refractivity contribution < 1.29 is 18.7 Å². The molecule has 1 aromatic heterocycles. The van der Waals surface area contributed by atoms with Crippen molar-refractivity contribution in [2.75, 3.05) is 44.6 Å². The number of anilines is 2. The lowest BCUT2D eigenvalue weighted by atomic mass is 10.1. The van der Waals surface area contributed by atoms with Crippen LogP contribution in [0.2, 0.25) is 0 Å². The van der Waals surface area contributed by atoms with E-state index in [4.69, 9.17) is 9.15 Å².